The molecule has 0 saturated carbocycles. The molecule has 0 radical (unpaired) electrons. The van der Waals surface area contributed by atoms with Gasteiger partial charge < -0.3 is 15.4 Å². The average molecular weight is 399 g/mol. The Morgan fingerprint density at radius 2 is 1.74 bits per heavy atom. The number of rotatable bonds is 8. The molecule has 1 rings (SSSR count). The number of hydrogen-bond donors (Lipinski definition) is 3. The maximum absolute atomic E-state index is 11.5. The minimum absolute atomic E-state index is 0.288. The van der Waals surface area contributed by atoms with Crippen LogP contribution >= 0.6 is 0 Å². The van der Waals surface area contributed by atoms with E-state index in [0.29, 0.717) is 25.6 Å². The van der Waals surface area contributed by atoms with Gasteiger partial charge in [-0.05, 0) is 47.6 Å². The van der Waals surface area contributed by atoms with Crippen LogP contribution in [0.3, 0.4) is 0 Å². The second-order valence-corrected chi connectivity index (χ2v) is 9.88. The largest absolute Gasteiger partial charge is 0.488 e. The van der Waals surface area contributed by atoms with Crippen molar-refractivity contribution in [3.63, 3.8) is 0 Å². The van der Waals surface area contributed by atoms with Gasteiger partial charge in [-0.2, -0.15) is 0 Å². The summed E-state index contributed by atoms with van der Waals surface area (Å²) in [4.78, 5) is 4.61. The van der Waals surface area contributed by atoms with Crippen molar-refractivity contribution in [2.75, 3.05) is 19.3 Å². The minimum atomic E-state index is -3.29. The molecule has 0 spiro atoms. The van der Waals surface area contributed by atoms with Crippen molar-refractivity contribution in [3.8, 4) is 5.75 Å². The molecule has 0 heterocycles. The summed E-state index contributed by atoms with van der Waals surface area (Å²) in [5, 5.41) is 6.37. The summed E-state index contributed by atoms with van der Waals surface area (Å²) in [7, 11) is -3.29. The van der Waals surface area contributed by atoms with Crippen molar-refractivity contribution in [2.24, 2.45) is 4.99 Å². The van der Waals surface area contributed by atoms with Gasteiger partial charge in [0.1, 0.15) is 11.4 Å². The summed E-state index contributed by atoms with van der Waals surface area (Å²) in [6.07, 6.45) is 1.15. The van der Waals surface area contributed by atoms with E-state index >= 15 is 0 Å². The van der Waals surface area contributed by atoms with Crippen molar-refractivity contribution in [3.05, 3.63) is 29.8 Å². The number of aliphatic imine (C=N–C) groups is 1. The molecule has 8 heteroatoms. The number of nitrogens with one attached hydrogen (secondary N) is 3. The molecule has 27 heavy (non-hydrogen) atoms. The summed E-state index contributed by atoms with van der Waals surface area (Å²) in [5.74, 6) is 1.43. The third-order valence-corrected chi connectivity index (χ3v) is 4.22. The Kier molecular flexibility index (Phi) is 8.10. The normalized spacial score (nSPS) is 13.4. The molecule has 0 atom stereocenters. The molecule has 0 unspecified atom stereocenters. The SMILES string of the molecule is CCNC(=NCc1ccccc1OC(C)(C)C)NCC(C)(C)NS(C)(=O)=O. The van der Waals surface area contributed by atoms with Crippen LogP contribution in [0.2, 0.25) is 0 Å². The van der Waals surface area contributed by atoms with E-state index in [4.69, 9.17) is 4.74 Å². The van der Waals surface area contributed by atoms with Crippen LogP contribution in [-0.4, -0.2) is 44.9 Å². The minimum Gasteiger partial charge on any atom is -0.488 e. The Labute approximate surface area is 164 Å². The molecule has 0 aliphatic carbocycles. The van der Waals surface area contributed by atoms with E-state index in [0.717, 1.165) is 17.6 Å². The van der Waals surface area contributed by atoms with Crippen molar-refractivity contribution in [1.82, 2.24) is 15.4 Å². The third kappa shape index (κ3) is 10.2. The van der Waals surface area contributed by atoms with Gasteiger partial charge in [0.15, 0.2) is 5.96 Å². The van der Waals surface area contributed by atoms with Crippen LogP contribution in [0.25, 0.3) is 0 Å². The first-order valence-electron chi connectivity index (χ1n) is 9.09. The Morgan fingerprint density at radius 1 is 1.11 bits per heavy atom. The molecule has 1 aromatic carbocycles. The maximum atomic E-state index is 11.5. The molecule has 3 N–H and O–H groups in total. The van der Waals surface area contributed by atoms with Crippen LogP contribution < -0.4 is 20.1 Å². The fraction of sp³-hybridized carbons (Fsp3) is 0.632. The molecule has 0 amide bonds. The van der Waals surface area contributed by atoms with Crippen LogP contribution in [0.4, 0.5) is 0 Å². The van der Waals surface area contributed by atoms with Gasteiger partial charge in [0.05, 0.1) is 12.8 Å². The van der Waals surface area contributed by atoms with Gasteiger partial charge in [-0.3, -0.25) is 0 Å². The van der Waals surface area contributed by atoms with E-state index < -0.39 is 15.6 Å². The van der Waals surface area contributed by atoms with Gasteiger partial charge in [-0.25, -0.2) is 18.1 Å². The topological polar surface area (TPSA) is 91.8 Å². The molecule has 154 valence electrons. The van der Waals surface area contributed by atoms with Crippen molar-refractivity contribution < 1.29 is 13.2 Å². The molecule has 0 aromatic heterocycles. The molecule has 0 saturated heterocycles. The van der Waals surface area contributed by atoms with Gasteiger partial charge >= 0.3 is 0 Å². The van der Waals surface area contributed by atoms with Crippen molar-refractivity contribution in [1.29, 1.82) is 0 Å². The highest BCUT2D eigenvalue weighted by molar-refractivity contribution is 7.88. The van der Waals surface area contributed by atoms with Gasteiger partial charge in [-0.1, -0.05) is 18.2 Å². The number of hydrogen-bond acceptors (Lipinski definition) is 4. The maximum Gasteiger partial charge on any atom is 0.209 e. The third-order valence-electron chi connectivity index (χ3n) is 3.30. The Bertz CT molecular complexity index is 738. The standard InChI is InChI=1S/C19H34N4O3S/c1-8-20-17(22-14-19(5,6)23-27(7,24)25)21-13-15-11-9-10-12-16(15)26-18(2,3)4/h9-12,23H,8,13-14H2,1-7H3,(H2,20,21,22). The van der Waals surface area contributed by atoms with Gasteiger partial charge in [0.25, 0.3) is 0 Å². The lowest BCUT2D eigenvalue weighted by Gasteiger charge is -2.26. The lowest BCUT2D eigenvalue weighted by Crippen LogP contribution is -2.53. The first kappa shape index (κ1) is 23.2. The first-order chi connectivity index (χ1) is 12.3. The van der Waals surface area contributed by atoms with E-state index in [-0.39, 0.29) is 5.60 Å². The van der Waals surface area contributed by atoms with E-state index in [2.05, 4.69) is 20.3 Å². The van der Waals surface area contributed by atoms with E-state index in [1.54, 1.807) is 0 Å². The van der Waals surface area contributed by atoms with Crippen LogP contribution in [0.5, 0.6) is 5.75 Å². The second kappa shape index (κ2) is 9.41. The van der Waals surface area contributed by atoms with Crippen LogP contribution in [0.15, 0.2) is 29.3 Å². The smallest absolute Gasteiger partial charge is 0.209 e. The summed E-state index contributed by atoms with van der Waals surface area (Å²) in [6.45, 7) is 13.2. The van der Waals surface area contributed by atoms with E-state index in [1.807, 2.05) is 65.8 Å². The highest BCUT2D eigenvalue weighted by atomic mass is 32.2. The second-order valence-electron chi connectivity index (χ2n) is 8.13. The predicted molar refractivity (Wildman–Crippen MR) is 112 cm³/mol. The molecule has 0 fully saturated rings. The number of guanidine groups is 1. The van der Waals surface area contributed by atoms with E-state index in [9.17, 15) is 8.42 Å². The summed E-state index contributed by atoms with van der Waals surface area (Å²) >= 11 is 0. The number of para-hydroxylation sites is 1. The number of nitrogens with zero attached hydrogens (tertiary/aromatic N) is 1. The van der Waals surface area contributed by atoms with Gasteiger partial charge in [0.2, 0.25) is 10.0 Å². The summed E-state index contributed by atoms with van der Waals surface area (Å²) in [6, 6.07) is 7.83. The van der Waals surface area contributed by atoms with Crippen molar-refractivity contribution in [2.45, 2.75) is 59.2 Å². The first-order valence-corrected chi connectivity index (χ1v) is 11.0. The molecule has 0 aliphatic rings. The highest BCUT2D eigenvalue weighted by Crippen LogP contribution is 2.23. The zero-order valence-electron chi connectivity index (χ0n) is 17.5. The van der Waals surface area contributed by atoms with Crippen molar-refractivity contribution >= 4 is 16.0 Å². The quantitative estimate of drug-likeness (QED) is 0.461. The molecular weight excluding hydrogens is 364 g/mol. The molecule has 1 aromatic rings. The highest BCUT2D eigenvalue weighted by Gasteiger charge is 2.22. The Hall–Kier alpha value is -1.80. The number of sulfonamides is 1. The molecule has 0 bridgehead atoms. The average Bonchev–Trinajstić information content (AvgIpc) is 2.47. The lowest BCUT2D eigenvalue weighted by atomic mass is 10.1. The zero-order valence-corrected chi connectivity index (χ0v) is 18.3. The summed E-state index contributed by atoms with van der Waals surface area (Å²) in [5.41, 5.74) is 0.0548. The lowest BCUT2D eigenvalue weighted by molar-refractivity contribution is 0.129. The zero-order chi connectivity index (χ0) is 20.7. The number of ether oxygens (including phenoxy) is 1. The fourth-order valence-electron chi connectivity index (χ4n) is 2.41. The Morgan fingerprint density at radius 3 is 2.30 bits per heavy atom. The monoisotopic (exact) mass is 398 g/mol. The van der Waals surface area contributed by atoms with Crippen LogP contribution in [-0.2, 0) is 16.6 Å². The number of benzene rings is 1. The van der Waals surface area contributed by atoms with Gasteiger partial charge in [0, 0.05) is 24.2 Å². The Balaban J connectivity index is 2.86. The predicted octanol–water partition coefficient (Wildman–Crippen LogP) is 2.25. The van der Waals surface area contributed by atoms with Gasteiger partial charge in [-0.15, -0.1) is 0 Å². The molecule has 7 nitrogen and oxygen atoms in total. The van der Waals surface area contributed by atoms with Crippen LogP contribution in [0.1, 0.15) is 47.1 Å². The summed E-state index contributed by atoms with van der Waals surface area (Å²) < 4.78 is 31.6. The molecule has 0 aliphatic heterocycles. The molecular formula is C19H34N4O3S. The van der Waals surface area contributed by atoms with Crippen LogP contribution in [0, 0.1) is 0 Å². The fourth-order valence-corrected chi connectivity index (χ4v) is 3.49. The van der Waals surface area contributed by atoms with E-state index in [1.165, 1.54) is 0 Å².